The molecule has 28 heavy (non-hydrogen) atoms. The first-order chi connectivity index (χ1) is 13.2. The van der Waals surface area contributed by atoms with Crippen LogP contribution in [0.4, 0.5) is 5.69 Å². The highest BCUT2D eigenvalue weighted by Gasteiger charge is 2.30. The van der Waals surface area contributed by atoms with E-state index in [0.717, 1.165) is 18.4 Å². The second-order valence-corrected chi connectivity index (χ2v) is 10.0. The zero-order valence-electron chi connectivity index (χ0n) is 16.7. The lowest BCUT2D eigenvalue weighted by molar-refractivity contribution is -0.120. The maximum absolute atomic E-state index is 12.8. The Labute approximate surface area is 167 Å². The zero-order valence-corrected chi connectivity index (χ0v) is 17.5. The third-order valence-electron chi connectivity index (χ3n) is 5.43. The van der Waals surface area contributed by atoms with Gasteiger partial charge in [0.15, 0.2) is 0 Å². The van der Waals surface area contributed by atoms with Gasteiger partial charge in [0.05, 0.1) is 10.3 Å². The number of hydrogen-bond donors (Lipinski definition) is 1. The molecule has 1 fully saturated rings. The summed E-state index contributed by atoms with van der Waals surface area (Å²) < 4.78 is 27.3. The van der Waals surface area contributed by atoms with Gasteiger partial charge in [-0.1, -0.05) is 37.3 Å². The smallest absolute Gasteiger partial charge is 0.243 e. The largest absolute Gasteiger partial charge is 0.325 e. The maximum atomic E-state index is 12.8. The summed E-state index contributed by atoms with van der Waals surface area (Å²) in [7, 11) is -3.49. The van der Waals surface area contributed by atoms with Crippen molar-refractivity contribution >= 4 is 21.6 Å². The van der Waals surface area contributed by atoms with Crippen molar-refractivity contribution in [2.75, 3.05) is 18.4 Å². The minimum Gasteiger partial charge on any atom is -0.325 e. The molecule has 150 valence electrons. The highest BCUT2D eigenvalue weighted by atomic mass is 32.2. The average molecular weight is 401 g/mol. The average Bonchev–Trinajstić information content (AvgIpc) is 2.69. The van der Waals surface area contributed by atoms with Gasteiger partial charge in [-0.3, -0.25) is 4.79 Å². The van der Waals surface area contributed by atoms with Crippen LogP contribution >= 0.6 is 0 Å². The number of rotatable bonds is 5. The molecule has 1 heterocycles. The zero-order chi connectivity index (χ0) is 20.4. The van der Waals surface area contributed by atoms with Crippen molar-refractivity contribution in [1.82, 2.24) is 4.31 Å². The predicted octanol–water partition coefficient (Wildman–Crippen LogP) is 4.02. The summed E-state index contributed by atoms with van der Waals surface area (Å²) >= 11 is 0. The molecule has 0 aromatic heterocycles. The molecule has 2 aromatic carbocycles. The minimum atomic E-state index is -3.49. The Morgan fingerprint density at radius 1 is 1.07 bits per heavy atom. The van der Waals surface area contributed by atoms with Crippen molar-refractivity contribution < 1.29 is 13.2 Å². The Morgan fingerprint density at radius 3 is 2.32 bits per heavy atom. The first-order valence-electron chi connectivity index (χ1n) is 9.68. The Bertz CT molecular complexity index is 922. The van der Waals surface area contributed by atoms with Gasteiger partial charge >= 0.3 is 0 Å². The van der Waals surface area contributed by atoms with Gasteiger partial charge < -0.3 is 5.32 Å². The molecule has 3 rings (SSSR count). The minimum absolute atomic E-state index is 0.140. The molecule has 1 N–H and O–H groups in total. The van der Waals surface area contributed by atoms with Crippen molar-refractivity contribution in [2.45, 2.75) is 43.9 Å². The topological polar surface area (TPSA) is 66.5 Å². The molecule has 0 spiro atoms. The van der Waals surface area contributed by atoms with Crippen LogP contribution in [-0.2, 0) is 20.2 Å². The molecule has 1 unspecified atom stereocenters. The van der Waals surface area contributed by atoms with Crippen LogP contribution in [-0.4, -0.2) is 31.7 Å². The van der Waals surface area contributed by atoms with Gasteiger partial charge in [0.1, 0.15) is 0 Å². The second-order valence-electron chi connectivity index (χ2n) is 8.08. The number of sulfonamides is 1. The number of nitrogens with one attached hydrogen (secondary N) is 1. The van der Waals surface area contributed by atoms with Crippen LogP contribution in [0, 0.1) is 5.92 Å². The summed E-state index contributed by atoms with van der Waals surface area (Å²) in [5, 5.41) is 2.90. The van der Waals surface area contributed by atoms with Crippen LogP contribution in [0.1, 0.15) is 39.2 Å². The van der Waals surface area contributed by atoms with Crippen LogP contribution in [0.3, 0.4) is 0 Å². The number of hydrogen-bond acceptors (Lipinski definition) is 3. The third-order valence-corrected chi connectivity index (χ3v) is 7.31. The normalized spacial score (nSPS) is 18.6. The first kappa shape index (κ1) is 20.6. The van der Waals surface area contributed by atoms with Gasteiger partial charge in [0.25, 0.3) is 0 Å². The monoisotopic (exact) mass is 400 g/mol. The van der Waals surface area contributed by atoms with E-state index in [9.17, 15) is 13.2 Å². The first-order valence-corrected chi connectivity index (χ1v) is 11.1. The SMILES string of the molecule is CC1CCCN(S(=O)(=O)c2ccc(NC(=O)C(C)(C)c3ccccc3)cc2)C1. The summed E-state index contributed by atoms with van der Waals surface area (Å²) in [6.07, 6.45) is 1.96. The van der Waals surface area contributed by atoms with Gasteiger partial charge in [0.2, 0.25) is 15.9 Å². The van der Waals surface area contributed by atoms with Crippen molar-refractivity contribution in [3.63, 3.8) is 0 Å². The Morgan fingerprint density at radius 2 is 1.71 bits per heavy atom. The molecule has 1 amide bonds. The molecular formula is C22H28N2O3S. The fourth-order valence-corrected chi connectivity index (χ4v) is 5.10. The van der Waals surface area contributed by atoms with E-state index in [1.807, 2.05) is 44.2 Å². The molecule has 1 saturated heterocycles. The van der Waals surface area contributed by atoms with E-state index in [-0.39, 0.29) is 10.8 Å². The summed E-state index contributed by atoms with van der Waals surface area (Å²) in [6.45, 7) is 6.94. The lowest BCUT2D eigenvalue weighted by Gasteiger charge is -2.30. The van der Waals surface area contributed by atoms with Gasteiger partial charge in [-0.25, -0.2) is 8.42 Å². The van der Waals surface area contributed by atoms with Crippen LogP contribution in [0.5, 0.6) is 0 Å². The fraction of sp³-hybridized carbons (Fsp3) is 0.409. The fourth-order valence-electron chi connectivity index (χ4n) is 3.50. The van der Waals surface area contributed by atoms with E-state index < -0.39 is 15.4 Å². The number of nitrogens with zero attached hydrogens (tertiary/aromatic N) is 1. The standard InChI is InChI=1S/C22H28N2O3S/c1-17-8-7-15-24(16-17)28(26,27)20-13-11-19(12-14-20)23-21(25)22(2,3)18-9-5-4-6-10-18/h4-6,9-14,17H,7-8,15-16H2,1-3H3,(H,23,25). The summed E-state index contributed by atoms with van der Waals surface area (Å²) in [6, 6.07) is 16.0. The van der Waals surface area contributed by atoms with Crippen molar-refractivity contribution in [3.05, 3.63) is 60.2 Å². The molecular weight excluding hydrogens is 372 g/mol. The highest BCUT2D eigenvalue weighted by molar-refractivity contribution is 7.89. The summed E-state index contributed by atoms with van der Waals surface area (Å²) in [5.41, 5.74) is 0.807. The molecule has 0 bridgehead atoms. The predicted molar refractivity (Wildman–Crippen MR) is 112 cm³/mol. The molecule has 0 radical (unpaired) electrons. The van der Waals surface area contributed by atoms with E-state index in [1.54, 1.807) is 28.6 Å². The van der Waals surface area contributed by atoms with Gasteiger partial charge in [0, 0.05) is 18.8 Å². The van der Waals surface area contributed by atoms with E-state index >= 15 is 0 Å². The Kier molecular flexibility index (Phi) is 5.91. The number of carbonyl (C=O) groups excluding carboxylic acids is 1. The summed E-state index contributed by atoms with van der Waals surface area (Å²) in [5.74, 6) is 0.237. The molecule has 0 aliphatic carbocycles. The van der Waals surface area contributed by atoms with Crippen LogP contribution in [0.15, 0.2) is 59.5 Å². The van der Waals surface area contributed by atoms with E-state index in [4.69, 9.17) is 0 Å². The van der Waals surface area contributed by atoms with Gasteiger partial charge in [-0.2, -0.15) is 4.31 Å². The van der Waals surface area contributed by atoms with Crippen molar-refractivity contribution in [1.29, 1.82) is 0 Å². The quantitative estimate of drug-likeness (QED) is 0.824. The number of amides is 1. The van der Waals surface area contributed by atoms with Crippen LogP contribution < -0.4 is 5.32 Å². The van der Waals surface area contributed by atoms with Gasteiger partial charge in [-0.05, 0) is 62.4 Å². The molecule has 1 aliphatic rings. The molecule has 1 atom stereocenters. The third kappa shape index (κ3) is 4.28. The molecule has 5 nitrogen and oxygen atoms in total. The van der Waals surface area contributed by atoms with Crippen molar-refractivity contribution in [2.24, 2.45) is 5.92 Å². The number of benzene rings is 2. The van der Waals surface area contributed by atoms with Crippen LogP contribution in [0.2, 0.25) is 0 Å². The Hall–Kier alpha value is -2.18. The molecule has 2 aromatic rings. The molecule has 1 aliphatic heterocycles. The second kappa shape index (κ2) is 8.05. The highest BCUT2D eigenvalue weighted by Crippen LogP contribution is 2.27. The molecule has 0 saturated carbocycles. The maximum Gasteiger partial charge on any atom is 0.243 e. The lowest BCUT2D eigenvalue weighted by atomic mass is 9.83. The van der Waals surface area contributed by atoms with E-state index in [2.05, 4.69) is 12.2 Å². The lowest BCUT2D eigenvalue weighted by Crippen LogP contribution is -2.39. The number of carbonyl (C=O) groups is 1. The van der Waals surface area contributed by atoms with Crippen molar-refractivity contribution in [3.8, 4) is 0 Å². The number of piperidine rings is 1. The van der Waals surface area contributed by atoms with Gasteiger partial charge in [-0.15, -0.1) is 0 Å². The molecule has 6 heteroatoms. The number of anilines is 1. The summed E-state index contributed by atoms with van der Waals surface area (Å²) in [4.78, 5) is 13.0. The van der Waals surface area contributed by atoms with E-state index in [0.29, 0.717) is 24.7 Å². The Balaban J connectivity index is 1.73. The van der Waals surface area contributed by atoms with Crippen LogP contribution in [0.25, 0.3) is 0 Å². The van der Waals surface area contributed by atoms with E-state index in [1.165, 1.54) is 0 Å².